The third kappa shape index (κ3) is 7.15. The van der Waals surface area contributed by atoms with Gasteiger partial charge < -0.3 is 36.5 Å². The summed E-state index contributed by atoms with van der Waals surface area (Å²) in [6, 6.07) is 5.03. The lowest BCUT2D eigenvalue weighted by molar-refractivity contribution is -0.688. The van der Waals surface area contributed by atoms with E-state index < -0.39 is 57.9 Å². The summed E-state index contributed by atoms with van der Waals surface area (Å²) in [5.74, 6) is -3.79. The number of carbonyl (C=O) groups is 4. The zero-order valence-corrected chi connectivity index (χ0v) is 29.4. The summed E-state index contributed by atoms with van der Waals surface area (Å²) in [5.41, 5.74) is 5.42. The Balaban J connectivity index is 1.16. The van der Waals surface area contributed by atoms with Gasteiger partial charge >= 0.3 is 5.97 Å². The van der Waals surface area contributed by atoms with E-state index in [9.17, 15) is 34.5 Å². The fourth-order valence-corrected chi connectivity index (χ4v) is 6.97. The predicted molar refractivity (Wildman–Crippen MR) is 182 cm³/mol. The first kappa shape index (κ1) is 35.9. The number of hydrogen-bond donors (Lipinski definition) is 7. The zero-order chi connectivity index (χ0) is 37.3. The monoisotopic (exact) mass is 771 g/mol. The van der Waals surface area contributed by atoms with Gasteiger partial charge in [-0.1, -0.05) is 16.8 Å². The van der Waals surface area contributed by atoms with Crippen LogP contribution in [0.25, 0.3) is 5.70 Å². The maximum atomic E-state index is 13.6. The number of halogens is 1. The fourth-order valence-electron chi connectivity index (χ4n) is 4.95. The molecule has 1 saturated heterocycles. The highest BCUT2D eigenvalue weighted by Crippen LogP contribution is 2.43. The summed E-state index contributed by atoms with van der Waals surface area (Å²) >= 11 is 8.18. The van der Waals surface area contributed by atoms with Crippen LogP contribution in [-0.2, 0) is 32.3 Å². The van der Waals surface area contributed by atoms with Gasteiger partial charge in [0, 0.05) is 41.5 Å². The first-order valence-electron chi connectivity index (χ1n) is 15.0. The Morgan fingerprint density at radius 2 is 1.98 bits per heavy atom. The number of phenols is 2. The Bertz CT molecular complexity index is 2120. The molecule has 1 fully saturated rings. The molecule has 23 heteroatoms. The van der Waals surface area contributed by atoms with Crippen molar-refractivity contribution >= 4 is 75.1 Å². The Labute approximate surface area is 305 Å². The minimum absolute atomic E-state index is 0.00353. The van der Waals surface area contributed by atoms with Crippen LogP contribution in [0.15, 0.2) is 47.4 Å². The van der Waals surface area contributed by atoms with E-state index in [1.165, 1.54) is 42.6 Å². The molecule has 6 rings (SSSR count). The molecule has 0 saturated carbocycles. The third-order valence-corrected chi connectivity index (χ3v) is 10.0. The molecule has 52 heavy (non-hydrogen) atoms. The molecule has 4 aromatic rings. The number of carboxylic acid groups (broad SMARTS) is 1. The number of nitrogens with zero attached hydrogens (tertiary/aromatic N) is 8. The van der Waals surface area contributed by atoms with Gasteiger partial charge in [0.15, 0.2) is 41.4 Å². The van der Waals surface area contributed by atoms with Crippen LogP contribution < -0.4 is 20.9 Å². The molecular formula is C29H28ClN12O8S2+. The van der Waals surface area contributed by atoms with Crippen molar-refractivity contribution in [2.75, 3.05) is 11.5 Å². The van der Waals surface area contributed by atoms with Crippen LogP contribution in [0.1, 0.15) is 41.4 Å². The highest BCUT2D eigenvalue weighted by molar-refractivity contribution is 8.00. The van der Waals surface area contributed by atoms with Crippen LogP contribution >= 0.6 is 34.9 Å². The lowest BCUT2D eigenvalue weighted by Crippen LogP contribution is -2.70. The van der Waals surface area contributed by atoms with Crippen LogP contribution in [0.2, 0.25) is 5.02 Å². The van der Waals surface area contributed by atoms with E-state index in [4.69, 9.17) is 22.2 Å². The number of amides is 3. The SMILES string of the molecule is CC(C)(O/N=C(\C(=O)N[C@@H]1C(=O)N2C(c3nnn[nH]3)=C(C[n+]3ccc(CNC(=O)c4ccc(O)c(O)c4Cl)cc3)CS[C@H]12)c1nsc(N)n1)C(=O)O. The second kappa shape index (κ2) is 14.4. The summed E-state index contributed by atoms with van der Waals surface area (Å²) in [5, 5.41) is 51.2. The number of anilines is 1. The first-order chi connectivity index (χ1) is 24.7. The maximum Gasteiger partial charge on any atom is 0.350 e. The molecule has 2 aliphatic rings. The van der Waals surface area contributed by atoms with Crippen molar-refractivity contribution in [1.82, 2.24) is 45.5 Å². The number of aromatic nitrogens is 7. The number of pyridine rings is 1. The third-order valence-electron chi connectivity index (χ3n) is 7.78. The molecule has 0 radical (unpaired) electrons. The van der Waals surface area contributed by atoms with Gasteiger partial charge in [0.2, 0.25) is 17.1 Å². The van der Waals surface area contributed by atoms with Crippen molar-refractivity contribution in [3.63, 3.8) is 0 Å². The molecule has 3 aromatic heterocycles. The lowest BCUT2D eigenvalue weighted by Gasteiger charge is -2.49. The van der Waals surface area contributed by atoms with E-state index in [-0.39, 0.29) is 33.9 Å². The largest absolute Gasteiger partial charge is 0.504 e. The molecule has 8 N–H and O–H groups in total. The number of nitrogen functional groups attached to an aromatic ring is 1. The van der Waals surface area contributed by atoms with Crippen LogP contribution in [-0.4, -0.2) is 102 Å². The van der Waals surface area contributed by atoms with Crippen molar-refractivity contribution in [2.45, 2.75) is 44.0 Å². The number of thioether (sulfide) groups is 1. The quantitative estimate of drug-likeness (QED) is 0.0328. The number of rotatable bonds is 12. The highest BCUT2D eigenvalue weighted by Gasteiger charge is 2.54. The second-order valence-electron chi connectivity index (χ2n) is 11.7. The Morgan fingerprint density at radius 1 is 1.23 bits per heavy atom. The van der Waals surface area contributed by atoms with Crippen molar-refractivity contribution in [3.05, 3.63) is 70.0 Å². The minimum Gasteiger partial charge on any atom is -0.504 e. The second-order valence-corrected chi connectivity index (χ2v) is 14.0. The molecule has 0 bridgehead atoms. The Kier molecular flexibility index (Phi) is 9.95. The van der Waals surface area contributed by atoms with Crippen LogP contribution in [0, 0.1) is 0 Å². The van der Waals surface area contributed by atoms with Crippen LogP contribution in [0.5, 0.6) is 11.5 Å². The molecular weight excluding hydrogens is 744 g/mol. The van der Waals surface area contributed by atoms with E-state index in [1.54, 1.807) is 24.5 Å². The number of aromatic amines is 1. The number of nitrogens with one attached hydrogen (secondary N) is 3. The van der Waals surface area contributed by atoms with Crippen LogP contribution in [0.4, 0.5) is 5.13 Å². The topological polar surface area (TPSA) is 288 Å². The smallest absolute Gasteiger partial charge is 0.350 e. The summed E-state index contributed by atoms with van der Waals surface area (Å²) in [6.45, 7) is 2.95. The van der Waals surface area contributed by atoms with Gasteiger partial charge in [-0.3, -0.25) is 19.3 Å². The number of benzene rings is 1. The van der Waals surface area contributed by atoms with Gasteiger partial charge in [0.25, 0.3) is 17.7 Å². The van der Waals surface area contributed by atoms with Gasteiger partial charge in [0.1, 0.15) is 11.4 Å². The number of fused-ring (bicyclic) bond motifs is 1. The standard InChI is InChI=1S/C29H27ClN12O8S2/c1-29(2,27(48)49)50-37-17(21-34-28(31)52-38-21)24(46)33-18-25(47)42-19(22-35-39-40-36-22)13(11-51-26(18)42)10-41-7-5-12(6-8-41)9-32-23(45)14-3-4-15(43)20(44)16(14)30/h3-8,18,26H,9-11H2,1-2H3,(H7-,31,32,33,34,35,36,37,38,39,40,43,44,45,46,48,49)/p+1/t18-,26-/m1/s1. The number of oxime groups is 1. The van der Waals surface area contributed by atoms with Gasteiger partial charge in [-0.25, -0.2) is 14.5 Å². The van der Waals surface area contributed by atoms with Crippen molar-refractivity contribution < 1.29 is 43.9 Å². The number of carboxylic acids is 1. The number of aliphatic carboxylic acids is 1. The number of hydrogen-bond acceptors (Lipinski definition) is 16. The highest BCUT2D eigenvalue weighted by atomic mass is 35.5. The van der Waals surface area contributed by atoms with E-state index in [0.717, 1.165) is 22.7 Å². The molecule has 270 valence electrons. The summed E-state index contributed by atoms with van der Waals surface area (Å²) in [4.78, 5) is 61.8. The first-order valence-corrected chi connectivity index (χ1v) is 17.2. The predicted octanol–water partition coefficient (Wildman–Crippen LogP) is 0.0108. The number of carbonyl (C=O) groups excluding carboxylic acids is 3. The molecule has 2 atom stereocenters. The molecule has 3 amide bonds. The van der Waals surface area contributed by atoms with Crippen molar-refractivity contribution in [1.29, 1.82) is 0 Å². The van der Waals surface area contributed by atoms with Crippen molar-refractivity contribution in [2.24, 2.45) is 5.16 Å². The summed E-state index contributed by atoms with van der Waals surface area (Å²) in [7, 11) is 0. The van der Waals surface area contributed by atoms with Crippen LogP contribution in [0.3, 0.4) is 0 Å². The van der Waals surface area contributed by atoms with E-state index in [0.29, 0.717) is 18.0 Å². The summed E-state index contributed by atoms with van der Waals surface area (Å²) in [6.07, 6.45) is 3.57. The minimum atomic E-state index is -1.79. The zero-order valence-electron chi connectivity index (χ0n) is 27.0. The Morgan fingerprint density at radius 3 is 2.63 bits per heavy atom. The Hall–Kier alpha value is -5.87. The van der Waals surface area contributed by atoms with E-state index >= 15 is 0 Å². The number of β-lactam (4-membered cyclic amide) rings is 1. The summed E-state index contributed by atoms with van der Waals surface area (Å²) < 4.78 is 5.84. The van der Waals surface area contributed by atoms with Gasteiger partial charge in [-0.05, 0) is 42.0 Å². The molecule has 20 nitrogen and oxygen atoms in total. The fraction of sp³-hybridized carbons (Fsp3) is 0.276. The van der Waals surface area contributed by atoms with E-state index in [1.807, 2.05) is 4.57 Å². The average Bonchev–Trinajstić information content (AvgIpc) is 3.81. The molecule has 0 aliphatic carbocycles. The lowest BCUT2D eigenvalue weighted by atomic mass is 10.0. The van der Waals surface area contributed by atoms with E-state index in [2.05, 4.69) is 45.8 Å². The maximum absolute atomic E-state index is 13.6. The number of H-pyrrole nitrogens is 1. The van der Waals surface area contributed by atoms with Crippen molar-refractivity contribution in [3.8, 4) is 11.5 Å². The average molecular weight is 772 g/mol. The number of nitrogens with two attached hydrogens (primary N) is 1. The van der Waals surface area contributed by atoms with Gasteiger partial charge in [-0.2, -0.15) is 9.36 Å². The molecule has 0 spiro atoms. The number of aromatic hydroxyl groups is 2. The normalized spacial score (nSPS) is 17.3. The molecule has 2 aliphatic heterocycles. The van der Waals surface area contributed by atoms with Gasteiger partial charge in [0.05, 0.1) is 16.3 Å². The molecule has 0 unspecified atom stereocenters. The molecule has 5 heterocycles. The number of phenolic OH excluding ortho intramolecular Hbond substituents is 2. The number of tetrazole rings is 1. The molecule has 1 aromatic carbocycles. The van der Waals surface area contributed by atoms with Gasteiger partial charge in [-0.15, -0.1) is 16.9 Å².